The molecule has 3 atom stereocenters. The summed E-state index contributed by atoms with van der Waals surface area (Å²) in [6, 6.07) is 28.7. The van der Waals surface area contributed by atoms with E-state index < -0.39 is 6.10 Å². The van der Waals surface area contributed by atoms with Crippen LogP contribution in [-0.2, 0) is 4.84 Å². The van der Waals surface area contributed by atoms with Crippen LogP contribution >= 0.6 is 0 Å². The van der Waals surface area contributed by atoms with Gasteiger partial charge in [0, 0.05) is 12.0 Å². The monoisotopic (exact) mass is 371 g/mol. The lowest BCUT2D eigenvalue weighted by molar-refractivity contribution is 0.0762. The molecule has 28 heavy (non-hydrogen) atoms. The molecule has 3 aromatic carbocycles. The SMILES string of the molecule is O=C(C[C@@H](O)C1=NO[C@H](c2ccccc2)[C@H]1c1ccccc1)c1ccccc1. The van der Waals surface area contributed by atoms with Crippen molar-refractivity contribution in [1.82, 2.24) is 0 Å². The maximum Gasteiger partial charge on any atom is 0.165 e. The van der Waals surface area contributed by atoms with Crippen LogP contribution < -0.4 is 0 Å². The van der Waals surface area contributed by atoms with Crippen LogP contribution in [0.3, 0.4) is 0 Å². The Balaban J connectivity index is 1.61. The molecule has 0 aliphatic carbocycles. The van der Waals surface area contributed by atoms with Gasteiger partial charge < -0.3 is 9.94 Å². The first-order chi connectivity index (χ1) is 13.7. The van der Waals surface area contributed by atoms with E-state index in [1.54, 1.807) is 12.1 Å². The van der Waals surface area contributed by atoms with Gasteiger partial charge in [-0.1, -0.05) is 96.2 Å². The molecule has 4 heteroatoms. The Morgan fingerprint density at radius 1 is 0.857 bits per heavy atom. The zero-order chi connectivity index (χ0) is 19.3. The normalized spacial score (nSPS) is 19.5. The van der Waals surface area contributed by atoms with Gasteiger partial charge in [-0.2, -0.15) is 0 Å². The Morgan fingerprint density at radius 3 is 2.00 bits per heavy atom. The molecule has 0 bridgehead atoms. The van der Waals surface area contributed by atoms with Crippen LogP contribution in [0.2, 0.25) is 0 Å². The van der Waals surface area contributed by atoms with Gasteiger partial charge in [0.05, 0.1) is 11.6 Å². The lowest BCUT2D eigenvalue weighted by Crippen LogP contribution is -2.29. The van der Waals surface area contributed by atoms with E-state index in [2.05, 4.69) is 5.16 Å². The number of aliphatic hydroxyl groups is 1. The maximum atomic E-state index is 12.6. The fraction of sp³-hybridized carbons (Fsp3) is 0.167. The molecule has 4 nitrogen and oxygen atoms in total. The lowest BCUT2D eigenvalue weighted by Gasteiger charge is -2.21. The third-order valence-corrected chi connectivity index (χ3v) is 5.00. The molecule has 3 aromatic rings. The number of carbonyl (C=O) groups excluding carboxylic acids is 1. The summed E-state index contributed by atoms with van der Waals surface area (Å²) in [5, 5.41) is 15.1. The van der Waals surface area contributed by atoms with Gasteiger partial charge in [0.1, 0.15) is 6.10 Å². The van der Waals surface area contributed by atoms with Crippen molar-refractivity contribution >= 4 is 11.5 Å². The highest BCUT2D eigenvalue weighted by atomic mass is 16.6. The average Bonchev–Trinajstić information content (AvgIpc) is 3.21. The summed E-state index contributed by atoms with van der Waals surface area (Å²) < 4.78 is 0. The highest BCUT2D eigenvalue weighted by Crippen LogP contribution is 2.41. The van der Waals surface area contributed by atoms with E-state index in [4.69, 9.17) is 4.84 Å². The second-order valence-electron chi connectivity index (χ2n) is 6.85. The van der Waals surface area contributed by atoms with E-state index in [9.17, 15) is 9.90 Å². The van der Waals surface area contributed by atoms with Gasteiger partial charge in [-0.3, -0.25) is 4.79 Å². The third kappa shape index (κ3) is 3.73. The quantitative estimate of drug-likeness (QED) is 0.648. The number of hydrogen-bond acceptors (Lipinski definition) is 4. The number of hydrogen-bond donors (Lipinski definition) is 1. The van der Waals surface area contributed by atoms with Gasteiger partial charge >= 0.3 is 0 Å². The van der Waals surface area contributed by atoms with E-state index in [0.717, 1.165) is 11.1 Å². The Bertz CT molecular complexity index is 955. The smallest absolute Gasteiger partial charge is 0.165 e. The number of carbonyl (C=O) groups is 1. The number of rotatable bonds is 6. The summed E-state index contributed by atoms with van der Waals surface area (Å²) in [6.07, 6.45) is -1.37. The lowest BCUT2D eigenvalue weighted by atomic mass is 9.83. The van der Waals surface area contributed by atoms with Crippen molar-refractivity contribution in [2.24, 2.45) is 5.16 Å². The number of Topliss-reactive ketones (excluding diaryl/α,β-unsaturated/α-hetero) is 1. The number of ketones is 1. The molecule has 0 aromatic heterocycles. The minimum Gasteiger partial charge on any atom is -0.387 e. The van der Waals surface area contributed by atoms with Crippen molar-refractivity contribution in [2.75, 3.05) is 0 Å². The fourth-order valence-corrected chi connectivity index (χ4v) is 3.58. The molecule has 0 amide bonds. The molecule has 0 radical (unpaired) electrons. The number of aliphatic hydroxyl groups excluding tert-OH is 1. The van der Waals surface area contributed by atoms with Crippen LogP contribution in [0.1, 0.15) is 39.9 Å². The van der Waals surface area contributed by atoms with Crippen LogP contribution in [0.25, 0.3) is 0 Å². The molecule has 0 saturated carbocycles. The highest BCUT2D eigenvalue weighted by molar-refractivity contribution is 6.03. The topological polar surface area (TPSA) is 58.9 Å². The zero-order valence-corrected chi connectivity index (χ0v) is 15.3. The van der Waals surface area contributed by atoms with E-state index in [-0.39, 0.29) is 24.2 Å². The van der Waals surface area contributed by atoms with Crippen LogP contribution in [0, 0.1) is 0 Å². The predicted octanol–water partition coefficient (Wildman–Crippen LogP) is 4.53. The summed E-state index contributed by atoms with van der Waals surface area (Å²) >= 11 is 0. The molecular weight excluding hydrogens is 350 g/mol. The van der Waals surface area contributed by atoms with Gasteiger partial charge in [0.2, 0.25) is 0 Å². The largest absolute Gasteiger partial charge is 0.387 e. The number of nitrogens with zero attached hydrogens (tertiary/aromatic N) is 1. The minimum absolute atomic E-state index is 0.0307. The second-order valence-corrected chi connectivity index (χ2v) is 6.85. The van der Waals surface area contributed by atoms with Gasteiger partial charge in [0.25, 0.3) is 0 Å². The van der Waals surface area contributed by atoms with Gasteiger partial charge in [-0.05, 0) is 11.1 Å². The Hall–Kier alpha value is -3.24. The van der Waals surface area contributed by atoms with E-state index in [1.165, 1.54) is 0 Å². The summed E-state index contributed by atoms with van der Waals surface area (Å²) in [5.74, 6) is -0.368. The van der Waals surface area contributed by atoms with Gasteiger partial charge in [-0.25, -0.2) is 0 Å². The third-order valence-electron chi connectivity index (χ3n) is 5.00. The standard InChI is InChI=1S/C24H21NO3/c26-20(17-10-4-1-5-11-17)16-21(27)23-22(18-12-6-2-7-13-18)24(28-25-23)19-14-8-3-9-15-19/h1-15,21-22,24,27H,16H2/t21-,22+,24-/m1/s1. The molecule has 0 spiro atoms. The molecule has 1 heterocycles. The second kappa shape index (κ2) is 8.19. The molecular formula is C24H21NO3. The van der Waals surface area contributed by atoms with Crippen molar-refractivity contribution < 1.29 is 14.7 Å². The molecule has 0 unspecified atom stereocenters. The van der Waals surface area contributed by atoms with Crippen molar-refractivity contribution in [3.05, 3.63) is 108 Å². The molecule has 1 aliphatic heterocycles. The van der Waals surface area contributed by atoms with Crippen LogP contribution in [0.5, 0.6) is 0 Å². The van der Waals surface area contributed by atoms with Gasteiger partial charge in [0.15, 0.2) is 11.9 Å². The highest BCUT2D eigenvalue weighted by Gasteiger charge is 2.40. The summed E-state index contributed by atoms with van der Waals surface area (Å²) in [5.41, 5.74) is 3.05. The Labute approximate surface area is 164 Å². The fourth-order valence-electron chi connectivity index (χ4n) is 3.58. The molecule has 140 valence electrons. The maximum absolute atomic E-state index is 12.6. The first-order valence-electron chi connectivity index (χ1n) is 9.34. The number of oxime groups is 1. The average molecular weight is 371 g/mol. The molecule has 1 N–H and O–H groups in total. The molecule has 1 aliphatic rings. The van der Waals surface area contributed by atoms with Crippen molar-refractivity contribution in [3.63, 3.8) is 0 Å². The van der Waals surface area contributed by atoms with E-state index in [1.807, 2.05) is 78.9 Å². The van der Waals surface area contributed by atoms with Crippen molar-refractivity contribution in [2.45, 2.75) is 24.5 Å². The first kappa shape index (κ1) is 18.1. The van der Waals surface area contributed by atoms with Crippen molar-refractivity contribution in [1.29, 1.82) is 0 Å². The molecule has 0 saturated heterocycles. The van der Waals surface area contributed by atoms with Crippen LogP contribution in [0.4, 0.5) is 0 Å². The number of benzene rings is 3. The summed E-state index contributed by atoms with van der Waals surface area (Å²) in [6.45, 7) is 0. The molecule has 0 fully saturated rings. The summed E-state index contributed by atoms with van der Waals surface area (Å²) in [4.78, 5) is 18.3. The minimum atomic E-state index is -1.01. The van der Waals surface area contributed by atoms with Crippen LogP contribution in [-0.4, -0.2) is 22.7 Å². The Morgan fingerprint density at radius 2 is 1.39 bits per heavy atom. The molecule has 4 rings (SSSR count). The van der Waals surface area contributed by atoms with Crippen LogP contribution in [0.15, 0.2) is 96.2 Å². The summed E-state index contributed by atoms with van der Waals surface area (Å²) in [7, 11) is 0. The predicted molar refractivity (Wildman–Crippen MR) is 108 cm³/mol. The van der Waals surface area contributed by atoms with Crippen molar-refractivity contribution in [3.8, 4) is 0 Å². The van der Waals surface area contributed by atoms with Gasteiger partial charge in [-0.15, -0.1) is 0 Å². The zero-order valence-electron chi connectivity index (χ0n) is 15.3. The van der Waals surface area contributed by atoms with E-state index >= 15 is 0 Å². The first-order valence-corrected chi connectivity index (χ1v) is 9.34. The Kier molecular flexibility index (Phi) is 5.31. The van der Waals surface area contributed by atoms with E-state index in [0.29, 0.717) is 11.3 Å².